The minimum Gasteiger partial charge on any atom is -0.492 e. The van der Waals surface area contributed by atoms with Gasteiger partial charge in [0.1, 0.15) is 0 Å². The average Bonchev–Trinajstić information content (AvgIpc) is 2.63. The molecule has 0 saturated carbocycles. The monoisotopic (exact) mass is 344 g/mol. The number of benzene rings is 3. The highest BCUT2D eigenvalue weighted by Crippen LogP contribution is 2.48. The van der Waals surface area contributed by atoms with Gasteiger partial charge in [0.15, 0.2) is 11.5 Å². The summed E-state index contributed by atoms with van der Waals surface area (Å²) >= 11 is 5.93. The molecule has 0 fully saturated rings. The van der Waals surface area contributed by atoms with Gasteiger partial charge < -0.3 is 14.2 Å². The van der Waals surface area contributed by atoms with Crippen molar-refractivity contribution in [2.45, 2.75) is 12.8 Å². The Bertz CT molecular complexity index is 874. The number of fused-ring (bicyclic) bond motifs is 2. The van der Waals surface area contributed by atoms with Gasteiger partial charge in [-0.1, -0.05) is 24.3 Å². The maximum Gasteiger partial charge on any atom is 0.204 e. The summed E-state index contributed by atoms with van der Waals surface area (Å²) < 4.78 is 17.0. The predicted molar refractivity (Wildman–Crippen MR) is 100 cm³/mol. The Morgan fingerprint density at radius 1 is 0.792 bits per heavy atom. The van der Waals surface area contributed by atoms with E-state index in [-0.39, 0.29) is 0 Å². The zero-order valence-electron chi connectivity index (χ0n) is 14.2. The smallest absolute Gasteiger partial charge is 0.204 e. The number of alkyl halides is 1. The second-order valence-corrected chi connectivity index (χ2v) is 5.99. The van der Waals surface area contributed by atoms with Crippen LogP contribution in [-0.2, 0) is 6.42 Å². The van der Waals surface area contributed by atoms with Crippen molar-refractivity contribution in [1.82, 2.24) is 0 Å². The van der Waals surface area contributed by atoms with Crippen LogP contribution in [0.5, 0.6) is 17.2 Å². The van der Waals surface area contributed by atoms with Crippen LogP contribution in [0.1, 0.15) is 12.0 Å². The summed E-state index contributed by atoms with van der Waals surface area (Å²) in [4.78, 5) is 0. The molecule has 3 rings (SSSR count). The molecule has 3 nitrogen and oxygen atoms in total. The van der Waals surface area contributed by atoms with Crippen LogP contribution in [0.4, 0.5) is 0 Å². The van der Waals surface area contributed by atoms with Gasteiger partial charge in [-0.05, 0) is 41.1 Å². The van der Waals surface area contributed by atoms with E-state index in [0.717, 1.165) is 34.9 Å². The fourth-order valence-electron chi connectivity index (χ4n) is 3.26. The molecule has 126 valence electrons. The number of methoxy groups -OCH3 is 3. The highest BCUT2D eigenvalue weighted by Gasteiger charge is 2.22. The lowest BCUT2D eigenvalue weighted by Crippen LogP contribution is -2.01. The van der Waals surface area contributed by atoms with E-state index >= 15 is 0 Å². The fourth-order valence-corrected chi connectivity index (χ4v) is 3.39. The summed E-state index contributed by atoms with van der Waals surface area (Å²) in [7, 11) is 4.96. The van der Waals surface area contributed by atoms with Crippen LogP contribution in [0, 0.1) is 0 Å². The summed E-state index contributed by atoms with van der Waals surface area (Å²) in [6.07, 6.45) is 1.69. The van der Waals surface area contributed by atoms with Gasteiger partial charge in [0.2, 0.25) is 5.75 Å². The van der Waals surface area contributed by atoms with Crippen LogP contribution in [0.2, 0.25) is 0 Å². The lowest BCUT2D eigenvalue weighted by Gasteiger charge is -2.20. The Kier molecular flexibility index (Phi) is 5.00. The number of aryl methyl sites for hydroxylation is 1. The van der Waals surface area contributed by atoms with Crippen molar-refractivity contribution in [3.8, 4) is 17.2 Å². The molecule has 0 aliphatic rings. The van der Waals surface area contributed by atoms with Gasteiger partial charge in [0.25, 0.3) is 0 Å². The molecule has 0 atom stereocenters. The Hall–Kier alpha value is -2.13. The second kappa shape index (κ2) is 7.18. The zero-order valence-corrected chi connectivity index (χ0v) is 14.9. The van der Waals surface area contributed by atoms with Crippen molar-refractivity contribution < 1.29 is 14.2 Å². The van der Waals surface area contributed by atoms with Crippen LogP contribution in [-0.4, -0.2) is 27.2 Å². The van der Waals surface area contributed by atoms with Crippen molar-refractivity contribution in [1.29, 1.82) is 0 Å². The first-order valence-corrected chi connectivity index (χ1v) is 8.47. The van der Waals surface area contributed by atoms with Gasteiger partial charge in [0.05, 0.1) is 21.3 Å². The van der Waals surface area contributed by atoms with E-state index in [4.69, 9.17) is 25.8 Å². The molecule has 0 amide bonds. The topological polar surface area (TPSA) is 27.7 Å². The average molecular weight is 345 g/mol. The summed E-state index contributed by atoms with van der Waals surface area (Å²) in [6.45, 7) is 0. The molecular weight excluding hydrogens is 324 g/mol. The first-order valence-electron chi connectivity index (χ1n) is 7.94. The summed E-state index contributed by atoms with van der Waals surface area (Å²) in [6, 6.07) is 12.6. The molecule has 0 spiro atoms. The molecular formula is C20H21ClO3. The first kappa shape index (κ1) is 16.7. The Morgan fingerprint density at radius 2 is 1.38 bits per heavy atom. The lowest BCUT2D eigenvalue weighted by molar-refractivity contribution is 0.325. The third kappa shape index (κ3) is 2.73. The number of hydrogen-bond acceptors (Lipinski definition) is 3. The van der Waals surface area contributed by atoms with E-state index in [2.05, 4.69) is 24.3 Å². The minimum atomic E-state index is 0.604. The van der Waals surface area contributed by atoms with Crippen LogP contribution in [0.3, 0.4) is 0 Å². The van der Waals surface area contributed by atoms with Crippen molar-refractivity contribution in [3.63, 3.8) is 0 Å². The number of hydrogen-bond donors (Lipinski definition) is 0. The molecule has 0 N–H and O–H groups in total. The van der Waals surface area contributed by atoms with Crippen molar-refractivity contribution >= 4 is 33.1 Å². The van der Waals surface area contributed by atoms with Gasteiger partial charge >= 0.3 is 0 Å². The van der Waals surface area contributed by atoms with Crippen molar-refractivity contribution in [2.24, 2.45) is 0 Å². The molecule has 3 aromatic carbocycles. The normalized spacial score (nSPS) is 11.0. The predicted octanol–water partition coefficient (Wildman–Crippen LogP) is 5.19. The van der Waals surface area contributed by atoms with E-state index in [0.29, 0.717) is 17.4 Å². The third-order valence-corrected chi connectivity index (χ3v) is 4.58. The molecule has 0 aromatic heterocycles. The van der Waals surface area contributed by atoms with E-state index in [1.54, 1.807) is 21.3 Å². The highest BCUT2D eigenvalue weighted by atomic mass is 35.5. The Balaban J connectivity index is 2.44. The minimum absolute atomic E-state index is 0.604. The molecule has 0 radical (unpaired) electrons. The Morgan fingerprint density at radius 3 is 1.92 bits per heavy atom. The van der Waals surface area contributed by atoms with E-state index in [1.165, 1.54) is 10.8 Å². The standard InChI is InChI=1S/C20H21ClO3/c1-22-18-15(9-6-10-21)16-11-13-7-4-5-8-14(13)12-17(16)19(23-2)20(18)24-3/h4-5,7-8,11-12H,6,9-10H2,1-3H3. The zero-order chi connectivity index (χ0) is 17.1. The summed E-state index contributed by atoms with van der Waals surface area (Å²) in [5.74, 6) is 2.66. The molecule has 3 aromatic rings. The van der Waals surface area contributed by atoms with Crippen molar-refractivity contribution in [2.75, 3.05) is 27.2 Å². The molecule has 0 heterocycles. The maximum atomic E-state index is 5.93. The molecule has 0 unspecified atom stereocenters. The quantitative estimate of drug-likeness (QED) is 0.455. The molecule has 0 aliphatic carbocycles. The van der Waals surface area contributed by atoms with E-state index in [1.807, 2.05) is 12.1 Å². The summed E-state index contributed by atoms with van der Waals surface area (Å²) in [5, 5.41) is 4.50. The van der Waals surface area contributed by atoms with Crippen LogP contribution < -0.4 is 14.2 Å². The largest absolute Gasteiger partial charge is 0.492 e. The van der Waals surface area contributed by atoms with Gasteiger partial charge in [-0.2, -0.15) is 0 Å². The van der Waals surface area contributed by atoms with Gasteiger partial charge in [-0.15, -0.1) is 11.6 Å². The van der Waals surface area contributed by atoms with Crippen molar-refractivity contribution in [3.05, 3.63) is 42.0 Å². The molecule has 24 heavy (non-hydrogen) atoms. The number of ether oxygens (including phenoxy) is 3. The second-order valence-electron chi connectivity index (χ2n) is 5.62. The van der Waals surface area contributed by atoms with Crippen LogP contribution in [0.15, 0.2) is 36.4 Å². The number of halogens is 1. The lowest BCUT2D eigenvalue weighted by atomic mass is 9.95. The first-order chi connectivity index (χ1) is 11.7. The van der Waals surface area contributed by atoms with Gasteiger partial charge in [0, 0.05) is 16.8 Å². The summed E-state index contributed by atoms with van der Waals surface area (Å²) in [5.41, 5.74) is 1.11. The molecule has 4 heteroatoms. The van der Waals surface area contributed by atoms with Crippen LogP contribution >= 0.6 is 11.6 Å². The van der Waals surface area contributed by atoms with E-state index in [9.17, 15) is 0 Å². The highest BCUT2D eigenvalue weighted by molar-refractivity contribution is 6.17. The Labute approximate surface area is 147 Å². The van der Waals surface area contributed by atoms with E-state index < -0.39 is 0 Å². The SMILES string of the molecule is COc1c(OC)c(OC)c2cc3ccccc3cc2c1CCCCl. The maximum absolute atomic E-state index is 5.93. The third-order valence-electron chi connectivity index (χ3n) is 4.31. The number of rotatable bonds is 6. The fraction of sp³-hybridized carbons (Fsp3) is 0.300. The molecule has 0 bridgehead atoms. The van der Waals surface area contributed by atoms with Crippen LogP contribution in [0.25, 0.3) is 21.5 Å². The van der Waals surface area contributed by atoms with Gasteiger partial charge in [-0.25, -0.2) is 0 Å². The molecule has 0 saturated heterocycles. The molecule has 0 aliphatic heterocycles. The van der Waals surface area contributed by atoms with Gasteiger partial charge in [-0.3, -0.25) is 0 Å².